The lowest BCUT2D eigenvalue weighted by molar-refractivity contribution is 0.0248. The maximum atomic E-state index is 12.6. The van der Waals surface area contributed by atoms with Crippen molar-refractivity contribution in [2.45, 2.75) is 51.2 Å². The van der Waals surface area contributed by atoms with Crippen LogP contribution in [0.25, 0.3) is 28.2 Å². The van der Waals surface area contributed by atoms with Gasteiger partial charge in [0.15, 0.2) is 5.65 Å². The van der Waals surface area contributed by atoms with Crippen LogP contribution in [-0.2, 0) is 4.74 Å². The number of anilines is 1. The van der Waals surface area contributed by atoms with E-state index in [1.807, 2.05) is 54.0 Å². The molecule has 0 radical (unpaired) electrons. The maximum absolute atomic E-state index is 12.6. The van der Waals surface area contributed by atoms with Crippen LogP contribution in [0, 0.1) is 6.92 Å². The Morgan fingerprint density at radius 2 is 1.94 bits per heavy atom. The Bertz CT molecular complexity index is 1390. The fourth-order valence-corrected chi connectivity index (χ4v) is 4.72. The van der Waals surface area contributed by atoms with Crippen LogP contribution in [-0.4, -0.2) is 50.8 Å². The van der Waals surface area contributed by atoms with Gasteiger partial charge in [-0.1, -0.05) is 6.07 Å². The first-order valence-electron chi connectivity index (χ1n) is 12.7. The number of carbonyl (C=O) groups is 1. The Morgan fingerprint density at radius 1 is 1.08 bits per heavy atom. The first kappa shape index (κ1) is 22.7. The minimum Gasteiger partial charge on any atom is -0.379 e. The van der Waals surface area contributed by atoms with Crippen LogP contribution >= 0.6 is 0 Å². The lowest BCUT2D eigenvalue weighted by Crippen LogP contribution is -2.27. The van der Waals surface area contributed by atoms with E-state index >= 15 is 0 Å². The number of pyridine rings is 1. The van der Waals surface area contributed by atoms with Crippen molar-refractivity contribution in [3.8, 4) is 22.5 Å². The predicted octanol–water partition coefficient (Wildman–Crippen LogP) is 4.64. The van der Waals surface area contributed by atoms with Crippen molar-refractivity contribution >= 4 is 17.2 Å². The third kappa shape index (κ3) is 4.68. The van der Waals surface area contributed by atoms with Gasteiger partial charge in [0, 0.05) is 48.3 Å². The van der Waals surface area contributed by atoms with Gasteiger partial charge in [0.25, 0.3) is 5.91 Å². The van der Waals surface area contributed by atoms with Crippen molar-refractivity contribution in [2.75, 3.05) is 18.5 Å². The number of rotatable bonds is 7. The lowest BCUT2D eigenvalue weighted by Gasteiger charge is -2.23. The summed E-state index contributed by atoms with van der Waals surface area (Å²) >= 11 is 0. The Hall–Kier alpha value is -3.78. The van der Waals surface area contributed by atoms with E-state index in [2.05, 4.69) is 15.6 Å². The highest BCUT2D eigenvalue weighted by Crippen LogP contribution is 2.29. The molecule has 4 heterocycles. The fraction of sp³-hybridized carbons (Fsp3) is 0.357. The number of fused-ring (bicyclic) bond motifs is 1. The molecule has 1 amide bonds. The van der Waals surface area contributed by atoms with Crippen LogP contribution < -0.4 is 10.6 Å². The summed E-state index contributed by atoms with van der Waals surface area (Å²) < 4.78 is 7.81. The van der Waals surface area contributed by atoms with E-state index in [-0.39, 0.29) is 12.0 Å². The molecule has 184 valence electrons. The van der Waals surface area contributed by atoms with Gasteiger partial charge >= 0.3 is 0 Å². The van der Waals surface area contributed by atoms with Crippen LogP contribution in [0.4, 0.5) is 5.69 Å². The molecule has 3 aromatic heterocycles. The molecule has 1 unspecified atom stereocenters. The predicted molar refractivity (Wildman–Crippen MR) is 139 cm³/mol. The number of aryl methyl sites for hydroxylation is 1. The monoisotopic (exact) mass is 482 g/mol. The molecule has 4 aromatic rings. The van der Waals surface area contributed by atoms with E-state index < -0.39 is 0 Å². The number of ether oxygens (including phenoxy) is 1. The first-order chi connectivity index (χ1) is 17.7. The average Bonchev–Trinajstić information content (AvgIpc) is 3.62. The van der Waals surface area contributed by atoms with Crippen LogP contribution in [0.5, 0.6) is 0 Å². The van der Waals surface area contributed by atoms with Gasteiger partial charge in [-0.2, -0.15) is 5.10 Å². The quantitative estimate of drug-likeness (QED) is 0.399. The van der Waals surface area contributed by atoms with Crippen LogP contribution in [0.2, 0.25) is 0 Å². The summed E-state index contributed by atoms with van der Waals surface area (Å²) in [5, 5.41) is 11.6. The molecular formula is C28H30N6O2. The summed E-state index contributed by atoms with van der Waals surface area (Å²) in [4.78, 5) is 21.5. The van der Waals surface area contributed by atoms with Crippen molar-refractivity contribution < 1.29 is 9.53 Å². The van der Waals surface area contributed by atoms with E-state index in [9.17, 15) is 4.79 Å². The minimum atomic E-state index is -0.00536. The van der Waals surface area contributed by atoms with E-state index in [0.717, 1.165) is 78.2 Å². The van der Waals surface area contributed by atoms with Crippen molar-refractivity contribution in [3.63, 3.8) is 0 Å². The molecule has 36 heavy (non-hydrogen) atoms. The van der Waals surface area contributed by atoms with Crippen LogP contribution in [0.3, 0.4) is 0 Å². The highest BCUT2D eigenvalue weighted by Gasteiger charge is 2.24. The number of aromatic nitrogens is 4. The first-order valence-corrected chi connectivity index (χ1v) is 12.7. The number of hydrogen-bond acceptors (Lipinski definition) is 6. The summed E-state index contributed by atoms with van der Waals surface area (Å²) in [7, 11) is 0. The second kappa shape index (κ2) is 9.70. The molecule has 0 bridgehead atoms. The normalized spacial score (nSPS) is 17.8. The van der Waals surface area contributed by atoms with Gasteiger partial charge < -0.3 is 15.4 Å². The average molecular weight is 483 g/mol. The standard InChI is InChI=1S/C28H30N6O2/c1-18-14-20(5-8-23(18)28(35)32-21-6-7-21)26-17-31-27-25(30-16-22-4-2-3-13-36-22)15-24(33-34(26)27)19-9-11-29-12-10-19/h5,8-12,14-15,17,21-22,30H,2-4,6-7,13,16H2,1H3,(H,32,35). The summed E-state index contributed by atoms with van der Waals surface area (Å²) in [6.07, 6.45) is 11.1. The van der Waals surface area contributed by atoms with Gasteiger partial charge in [0.05, 0.1) is 29.4 Å². The second-order valence-corrected chi connectivity index (χ2v) is 9.70. The van der Waals surface area contributed by atoms with Gasteiger partial charge in [-0.15, -0.1) is 0 Å². The molecule has 2 N–H and O–H groups in total. The minimum absolute atomic E-state index is 0.00536. The SMILES string of the molecule is Cc1cc(-c2cnc3c(NCC4CCCCO4)cc(-c4ccncc4)nn23)ccc1C(=O)NC1CC1. The molecular weight excluding hydrogens is 452 g/mol. The maximum Gasteiger partial charge on any atom is 0.251 e. The zero-order chi connectivity index (χ0) is 24.5. The third-order valence-corrected chi connectivity index (χ3v) is 6.92. The highest BCUT2D eigenvalue weighted by atomic mass is 16.5. The summed E-state index contributed by atoms with van der Waals surface area (Å²) in [5.74, 6) is -0.00536. The number of amides is 1. The highest BCUT2D eigenvalue weighted by molar-refractivity contribution is 5.96. The van der Waals surface area contributed by atoms with Gasteiger partial charge in [0.2, 0.25) is 0 Å². The summed E-state index contributed by atoms with van der Waals surface area (Å²) in [6.45, 7) is 3.52. The fourth-order valence-electron chi connectivity index (χ4n) is 4.72. The number of nitrogens with one attached hydrogen (secondary N) is 2. The Kier molecular flexibility index (Phi) is 6.11. The zero-order valence-corrected chi connectivity index (χ0v) is 20.4. The van der Waals surface area contributed by atoms with Crippen molar-refractivity contribution in [3.05, 3.63) is 66.1 Å². The van der Waals surface area contributed by atoms with Crippen LogP contribution in [0.1, 0.15) is 48.0 Å². The Balaban J connectivity index is 1.37. The van der Waals surface area contributed by atoms with Gasteiger partial charge in [0.1, 0.15) is 0 Å². The molecule has 1 atom stereocenters. The summed E-state index contributed by atoms with van der Waals surface area (Å²) in [5.41, 5.74) is 6.94. The largest absolute Gasteiger partial charge is 0.379 e. The number of nitrogens with zero attached hydrogens (tertiary/aromatic N) is 4. The van der Waals surface area contributed by atoms with E-state index in [1.165, 1.54) is 6.42 Å². The molecule has 1 saturated heterocycles. The zero-order valence-electron chi connectivity index (χ0n) is 20.4. The molecule has 2 aliphatic rings. The van der Waals surface area contributed by atoms with E-state index in [4.69, 9.17) is 14.8 Å². The molecule has 8 nitrogen and oxygen atoms in total. The van der Waals surface area contributed by atoms with Crippen molar-refractivity contribution in [1.82, 2.24) is 24.9 Å². The van der Waals surface area contributed by atoms with E-state index in [1.54, 1.807) is 12.4 Å². The third-order valence-electron chi connectivity index (χ3n) is 6.92. The number of hydrogen-bond donors (Lipinski definition) is 2. The number of benzene rings is 1. The van der Waals surface area contributed by atoms with E-state index in [0.29, 0.717) is 11.6 Å². The van der Waals surface area contributed by atoms with Gasteiger partial charge in [-0.3, -0.25) is 9.78 Å². The number of imidazole rings is 1. The Morgan fingerprint density at radius 3 is 2.69 bits per heavy atom. The molecule has 0 spiro atoms. The molecule has 1 saturated carbocycles. The molecule has 8 heteroatoms. The number of carbonyl (C=O) groups excluding carboxylic acids is 1. The van der Waals surface area contributed by atoms with Crippen molar-refractivity contribution in [1.29, 1.82) is 0 Å². The molecule has 1 aromatic carbocycles. The second-order valence-electron chi connectivity index (χ2n) is 9.70. The molecule has 2 fully saturated rings. The molecule has 6 rings (SSSR count). The lowest BCUT2D eigenvalue weighted by atomic mass is 10.0. The van der Waals surface area contributed by atoms with Crippen LogP contribution in [0.15, 0.2) is 55.0 Å². The molecule has 1 aliphatic carbocycles. The Labute approximate surface area is 210 Å². The summed E-state index contributed by atoms with van der Waals surface area (Å²) in [6, 6.07) is 12.2. The van der Waals surface area contributed by atoms with Gasteiger partial charge in [-0.25, -0.2) is 9.50 Å². The molecule has 1 aliphatic heterocycles. The van der Waals surface area contributed by atoms with Gasteiger partial charge in [-0.05, 0) is 74.9 Å². The smallest absolute Gasteiger partial charge is 0.251 e. The topological polar surface area (TPSA) is 93.4 Å². The van der Waals surface area contributed by atoms with Crippen molar-refractivity contribution in [2.24, 2.45) is 0 Å².